The maximum atomic E-state index is 5.15. The second-order valence-corrected chi connectivity index (χ2v) is 1.15. The molecule has 0 atom stereocenters. The minimum absolute atomic E-state index is 0.679. The van der Waals surface area contributed by atoms with Gasteiger partial charge in [-0.25, -0.2) is 0 Å². The maximum absolute atomic E-state index is 5.15. The highest BCUT2D eigenvalue weighted by Gasteiger charge is 1.66. The Balaban J connectivity index is 2.97. The highest BCUT2D eigenvalue weighted by molar-refractivity contribution is 5.08. The van der Waals surface area contributed by atoms with E-state index in [-0.39, 0.29) is 0 Å². The van der Waals surface area contributed by atoms with Crippen LogP contribution in [0, 0.1) is 12.3 Å². The van der Waals surface area contributed by atoms with Crippen molar-refractivity contribution in [2.75, 3.05) is 6.54 Å². The average Bonchev–Trinajstić information content (AvgIpc) is 1.69. The average molecular weight is 95.1 g/mol. The molecule has 0 spiro atoms. The van der Waals surface area contributed by atoms with Crippen LogP contribution in [0.3, 0.4) is 0 Å². The molecule has 0 saturated heterocycles. The predicted molar refractivity (Wildman–Crippen MR) is 31.6 cm³/mol. The lowest BCUT2D eigenvalue weighted by Gasteiger charge is -1.77. The molecule has 38 valence electrons. The van der Waals surface area contributed by atoms with E-state index in [4.69, 9.17) is 12.2 Å². The van der Waals surface area contributed by atoms with Gasteiger partial charge in [-0.3, -0.25) is 0 Å². The van der Waals surface area contributed by atoms with Crippen LogP contribution in [0.1, 0.15) is 6.42 Å². The zero-order valence-corrected chi connectivity index (χ0v) is 4.22. The van der Waals surface area contributed by atoms with Gasteiger partial charge in [0.2, 0.25) is 0 Å². The summed E-state index contributed by atoms with van der Waals surface area (Å²) >= 11 is 0. The van der Waals surface area contributed by atoms with Gasteiger partial charge in [0.15, 0.2) is 0 Å². The van der Waals surface area contributed by atoms with E-state index in [2.05, 4.69) is 5.92 Å². The van der Waals surface area contributed by atoms with Gasteiger partial charge in [-0.1, -0.05) is 12.0 Å². The van der Waals surface area contributed by atoms with Gasteiger partial charge < -0.3 is 5.73 Å². The van der Waals surface area contributed by atoms with E-state index in [1.807, 2.05) is 6.08 Å². The predicted octanol–water partition coefficient (Wildman–Crippen LogP) is 0.525. The topological polar surface area (TPSA) is 26.0 Å². The highest BCUT2D eigenvalue weighted by atomic mass is 14.5. The Kier molecular flexibility index (Phi) is 4.70. The van der Waals surface area contributed by atoms with Crippen LogP contribution < -0.4 is 5.73 Å². The Morgan fingerprint density at radius 2 is 2.43 bits per heavy atom. The van der Waals surface area contributed by atoms with Crippen molar-refractivity contribution < 1.29 is 0 Å². The van der Waals surface area contributed by atoms with E-state index >= 15 is 0 Å². The third-order valence-electron chi connectivity index (χ3n) is 0.547. The summed E-state index contributed by atoms with van der Waals surface area (Å²) in [5, 5.41) is 0. The van der Waals surface area contributed by atoms with Crippen LogP contribution >= 0.6 is 0 Å². The van der Waals surface area contributed by atoms with Crippen LogP contribution in [0.5, 0.6) is 0 Å². The van der Waals surface area contributed by atoms with Crippen molar-refractivity contribution in [3.63, 3.8) is 0 Å². The number of hydrogen-bond acceptors (Lipinski definition) is 1. The Morgan fingerprint density at radius 3 is 2.86 bits per heavy atom. The molecule has 0 rings (SSSR count). The van der Waals surface area contributed by atoms with Crippen LogP contribution in [0.2, 0.25) is 0 Å². The molecule has 0 fully saturated rings. The standard InChI is InChI=1S/C6H9N/c1-2-3-4-5-6-7/h1,3-4H,5-7H2/b4-3+. The van der Waals surface area contributed by atoms with E-state index in [0.29, 0.717) is 6.54 Å². The zero-order valence-electron chi connectivity index (χ0n) is 4.22. The Labute approximate surface area is 44.2 Å². The van der Waals surface area contributed by atoms with Crippen molar-refractivity contribution in [2.24, 2.45) is 5.73 Å². The fourth-order valence-electron chi connectivity index (χ4n) is 0.248. The second kappa shape index (κ2) is 5.26. The molecule has 1 nitrogen and oxygen atoms in total. The molecule has 0 bridgehead atoms. The lowest BCUT2D eigenvalue weighted by molar-refractivity contribution is 1.01. The van der Waals surface area contributed by atoms with Gasteiger partial charge in [0, 0.05) is 0 Å². The maximum Gasteiger partial charge on any atom is -0.00423 e. The van der Waals surface area contributed by atoms with Crippen molar-refractivity contribution in [3.05, 3.63) is 12.2 Å². The van der Waals surface area contributed by atoms with Gasteiger partial charge in [-0.2, -0.15) is 0 Å². The quantitative estimate of drug-likeness (QED) is 0.497. The third kappa shape index (κ3) is 5.26. The summed E-state index contributed by atoms with van der Waals surface area (Å²) < 4.78 is 0. The minimum atomic E-state index is 0.679. The van der Waals surface area contributed by atoms with Gasteiger partial charge in [0.05, 0.1) is 0 Å². The van der Waals surface area contributed by atoms with E-state index in [1.165, 1.54) is 0 Å². The summed E-state index contributed by atoms with van der Waals surface area (Å²) in [5.74, 6) is 2.37. The van der Waals surface area contributed by atoms with Crippen LogP contribution in [0.15, 0.2) is 12.2 Å². The number of nitrogens with two attached hydrogens (primary N) is 1. The molecule has 0 radical (unpaired) electrons. The number of terminal acetylenes is 1. The Hall–Kier alpha value is -0.740. The first-order valence-electron chi connectivity index (χ1n) is 2.23. The summed E-state index contributed by atoms with van der Waals surface area (Å²) in [6.45, 7) is 0.679. The molecule has 0 unspecified atom stereocenters. The third-order valence-corrected chi connectivity index (χ3v) is 0.547. The molecular formula is C6H9N. The van der Waals surface area contributed by atoms with Crippen LogP contribution in [-0.2, 0) is 0 Å². The lowest BCUT2D eigenvalue weighted by Crippen LogP contribution is -1.94. The first-order chi connectivity index (χ1) is 3.41. The zero-order chi connectivity index (χ0) is 5.54. The van der Waals surface area contributed by atoms with E-state index in [1.54, 1.807) is 6.08 Å². The lowest BCUT2D eigenvalue weighted by atomic mass is 10.4. The summed E-state index contributed by atoms with van der Waals surface area (Å²) in [4.78, 5) is 0. The molecule has 0 aromatic heterocycles. The molecule has 0 aliphatic rings. The van der Waals surface area contributed by atoms with Crippen molar-refractivity contribution in [3.8, 4) is 12.3 Å². The van der Waals surface area contributed by atoms with Crippen molar-refractivity contribution in [2.45, 2.75) is 6.42 Å². The fourth-order valence-corrected chi connectivity index (χ4v) is 0.248. The van der Waals surface area contributed by atoms with Crippen molar-refractivity contribution in [1.29, 1.82) is 0 Å². The van der Waals surface area contributed by atoms with Crippen LogP contribution in [0.4, 0.5) is 0 Å². The van der Waals surface area contributed by atoms with Gasteiger partial charge in [-0.05, 0) is 19.0 Å². The summed E-state index contributed by atoms with van der Waals surface area (Å²) in [6.07, 6.45) is 9.31. The molecule has 0 amide bonds. The molecule has 0 aliphatic heterocycles. The smallest absolute Gasteiger partial charge is 0.00423 e. The van der Waals surface area contributed by atoms with Crippen molar-refractivity contribution >= 4 is 0 Å². The number of rotatable bonds is 2. The molecule has 0 saturated carbocycles. The summed E-state index contributed by atoms with van der Waals surface area (Å²) in [5.41, 5.74) is 5.15. The highest BCUT2D eigenvalue weighted by Crippen LogP contribution is 1.74. The molecule has 1 heteroatoms. The van der Waals surface area contributed by atoms with Crippen LogP contribution in [0.25, 0.3) is 0 Å². The van der Waals surface area contributed by atoms with E-state index in [9.17, 15) is 0 Å². The SMILES string of the molecule is C#C/C=C/CCN. The van der Waals surface area contributed by atoms with Crippen molar-refractivity contribution in [1.82, 2.24) is 0 Å². The molecular weight excluding hydrogens is 86.1 g/mol. The molecule has 0 aliphatic carbocycles. The van der Waals surface area contributed by atoms with Gasteiger partial charge in [-0.15, -0.1) is 6.42 Å². The first kappa shape index (κ1) is 6.26. The summed E-state index contributed by atoms with van der Waals surface area (Å²) in [7, 11) is 0. The largest absolute Gasteiger partial charge is 0.330 e. The van der Waals surface area contributed by atoms with Gasteiger partial charge in [0.25, 0.3) is 0 Å². The van der Waals surface area contributed by atoms with E-state index in [0.717, 1.165) is 6.42 Å². The number of allylic oxidation sites excluding steroid dienone is 1. The summed E-state index contributed by atoms with van der Waals surface area (Å²) in [6, 6.07) is 0. The van der Waals surface area contributed by atoms with Crippen LogP contribution in [-0.4, -0.2) is 6.54 Å². The monoisotopic (exact) mass is 95.1 g/mol. The molecule has 0 aromatic carbocycles. The normalized spacial score (nSPS) is 9.14. The molecule has 0 heterocycles. The molecule has 2 N–H and O–H groups in total. The Morgan fingerprint density at radius 1 is 1.71 bits per heavy atom. The molecule has 0 aromatic rings. The van der Waals surface area contributed by atoms with E-state index < -0.39 is 0 Å². The minimum Gasteiger partial charge on any atom is -0.330 e. The van der Waals surface area contributed by atoms with Gasteiger partial charge >= 0.3 is 0 Å². The first-order valence-corrected chi connectivity index (χ1v) is 2.23. The van der Waals surface area contributed by atoms with Gasteiger partial charge in [0.1, 0.15) is 0 Å². The Bertz CT molecular complexity index is 86.8. The fraction of sp³-hybridized carbons (Fsp3) is 0.333. The molecule has 7 heavy (non-hydrogen) atoms. The number of hydrogen-bond donors (Lipinski definition) is 1. The second-order valence-electron chi connectivity index (χ2n) is 1.15.